The molecule has 0 radical (unpaired) electrons. The normalized spacial score (nSPS) is 18.3. The van der Waals surface area contributed by atoms with Gasteiger partial charge in [0, 0.05) is 69.4 Å². The molecule has 2 fully saturated rings. The number of benzene rings is 2. The number of aldehydes is 1. The number of nitrogens with zero attached hydrogens (tertiary/aromatic N) is 4. The number of carbonyl (C=O) groups excluding carboxylic acids is 1. The van der Waals surface area contributed by atoms with Crippen LogP contribution in [-0.2, 0) is 4.79 Å². The number of hydrogen-bond acceptors (Lipinski definition) is 6. The van der Waals surface area contributed by atoms with Gasteiger partial charge in [0.05, 0.1) is 11.2 Å². The molecule has 0 atom stereocenters. The standard InChI is InChI=1S/C28H34N4O2/c1-30-16-18-32(19-17-30)28-25-5-2-3-6-27(25)29-21-26(28)22-7-9-23(10-8-22)34-24-11-14-31(15-12-24)13-4-20-33/h2-3,5-10,20-21,24H,4,11-19H2,1H3. The lowest BCUT2D eigenvalue weighted by atomic mass is 10.0. The van der Waals surface area contributed by atoms with Crippen molar-refractivity contribution in [2.75, 3.05) is 57.8 Å². The Morgan fingerprint density at radius 3 is 2.44 bits per heavy atom. The fraction of sp³-hybridized carbons (Fsp3) is 0.429. The van der Waals surface area contributed by atoms with E-state index >= 15 is 0 Å². The predicted octanol–water partition coefficient (Wildman–Crippen LogP) is 4.09. The Bertz CT molecular complexity index is 1100. The summed E-state index contributed by atoms with van der Waals surface area (Å²) in [6.45, 7) is 7.02. The third kappa shape index (κ3) is 5.08. The smallest absolute Gasteiger partial charge is 0.121 e. The van der Waals surface area contributed by atoms with Gasteiger partial charge in [-0.3, -0.25) is 4.98 Å². The number of anilines is 1. The van der Waals surface area contributed by atoms with Gasteiger partial charge in [0.25, 0.3) is 0 Å². The number of ether oxygens (including phenoxy) is 1. The molecule has 3 aromatic rings. The second-order valence-corrected chi connectivity index (χ2v) is 9.47. The maximum absolute atomic E-state index is 10.6. The van der Waals surface area contributed by atoms with Gasteiger partial charge in [-0.2, -0.15) is 0 Å². The van der Waals surface area contributed by atoms with E-state index in [1.807, 2.05) is 6.20 Å². The number of carbonyl (C=O) groups is 1. The van der Waals surface area contributed by atoms with E-state index in [0.29, 0.717) is 6.42 Å². The van der Waals surface area contributed by atoms with Crippen LogP contribution in [0.2, 0.25) is 0 Å². The van der Waals surface area contributed by atoms with Crippen LogP contribution in [0, 0.1) is 0 Å². The van der Waals surface area contributed by atoms with Gasteiger partial charge in [0.2, 0.25) is 0 Å². The molecule has 0 spiro atoms. The molecule has 34 heavy (non-hydrogen) atoms. The molecular formula is C28H34N4O2. The number of likely N-dealkylation sites (tertiary alicyclic amines) is 1. The highest BCUT2D eigenvalue weighted by molar-refractivity contribution is 5.99. The Balaban J connectivity index is 1.34. The van der Waals surface area contributed by atoms with E-state index in [1.165, 1.54) is 22.2 Å². The summed E-state index contributed by atoms with van der Waals surface area (Å²) in [6.07, 6.45) is 5.89. The topological polar surface area (TPSA) is 48.9 Å². The number of rotatable bonds is 7. The monoisotopic (exact) mass is 458 g/mol. The van der Waals surface area contributed by atoms with Gasteiger partial charge >= 0.3 is 0 Å². The summed E-state index contributed by atoms with van der Waals surface area (Å²) >= 11 is 0. The van der Waals surface area contributed by atoms with Crippen LogP contribution in [0.1, 0.15) is 19.3 Å². The molecule has 178 valence electrons. The van der Waals surface area contributed by atoms with E-state index in [0.717, 1.165) is 76.2 Å². The number of pyridine rings is 1. The quantitative estimate of drug-likeness (QED) is 0.497. The van der Waals surface area contributed by atoms with Gasteiger partial charge in [-0.25, -0.2) is 0 Å². The van der Waals surface area contributed by atoms with Crippen molar-refractivity contribution < 1.29 is 9.53 Å². The molecule has 2 saturated heterocycles. The molecule has 1 aromatic heterocycles. The van der Waals surface area contributed by atoms with Crippen LogP contribution >= 0.6 is 0 Å². The Kier molecular flexibility index (Phi) is 7.07. The summed E-state index contributed by atoms with van der Waals surface area (Å²) in [5.41, 5.74) is 4.68. The lowest BCUT2D eigenvalue weighted by molar-refractivity contribution is -0.108. The minimum absolute atomic E-state index is 0.238. The Morgan fingerprint density at radius 1 is 0.971 bits per heavy atom. The largest absolute Gasteiger partial charge is 0.490 e. The highest BCUT2D eigenvalue weighted by Gasteiger charge is 2.22. The third-order valence-electron chi connectivity index (χ3n) is 7.13. The molecular weight excluding hydrogens is 424 g/mol. The van der Waals surface area contributed by atoms with Gasteiger partial charge in [-0.15, -0.1) is 0 Å². The maximum Gasteiger partial charge on any atom is 0.121 e. The van der Waals surface area contributed by atoms with Gasteiger partial charge < -0.3 is 24.2 Å². The summed E-state index contributed by atoms with van der Waals surface area (Å²) in [6, 6.07) is 17.0. The molecule has 6 heteroatoms. The molecule has 2 aromatic carbocycles. The minimum atomic E-state index is 0.238. The summed E-state index contributed by atoms with van der Waals surface area (Å²) < 4.78 is 6.30. The molecule has 0 amide bonds. The Labute approximate surface area is 202 Å². The summed E-state index contributed by atoms with van der Waals surface area (Å²) in [4.78, 5) is 22.6. The molecule has 0 N–H and O–H groups in total. The van der Waals surface area contributed by atoms with Crippen molar-refractivity contribution in [3.63, 3.8) is 0 Å². The van der Waals surface area contributed by atoms with Crippen LogP contribution < -0.4 is 9.64 Å². The van der Waals surface area contributed by atoms with E-state index < -0.39 is 0 Å². The number of fused-ring (bicyclic) bond motifs is 1. The third-order valence-corrected chi connectivity index (χ3v) is 7.13. The fourth-order valence-corrected chi connectivity index (χ4v) is 5.10. The SMILES string of the molecule is CN1CCN(c2c(-c3ccc(OC4CCN(CCC=O)CC4)cc3)cnc3ccccc23)CC1. The van der Waals surface area contributed by atoms with E-state index in [2.05, 4.69) is 70.3 Å². The molecule has 2 aliphatic heterocycles. The molecule has 0 unspecified atom stereocenters. The first-order valence-electron chi connectivity index (χ1n) is 12.5. The van der Waals surface area contributed by atoms with Crippen LogP contribution in [-0.4, -0.2) is 80.0 Å². The van der Waals surface area contributed by atoms with Crippen molar-refractivity contribution in [3.05, 3.63) is 54.7 Å². The zero-order valence-electron chi connectivity index (χ0n) is 20.0. The number of para-hydroxylation sites is 1. The number of likely N-dealkylation sites (N-methyl/N-ethyl adjacent to an activating group) is 1. The molecule has 5 rings (SSSR count). The molecule has 6 nitrogen and oxygen atoms in total. The van der Waals surface area contributed by atoms with Crippen molar-refractivity contribution in [2.24, 2.45) is 0 Å². The van der Waals surface area contributed by atoms with Crippen molar-refractivity contribution >= 4 is 22.9 Å². The van der Waals surface area contributed by atoms with Gasteiger partial charge in [0.1, 0.15) is 18.1 Å². The molecule has 0 aliphatic carbocycles. The van der Waals surface area contributed by atoms with Crippen LogP contribution in [0.5, 0.6) is 5.75 Å². The highest BCUT2D eigenvalue weighted by Crippen LogP contribution is 2.37. The fourth-order valence-electron chi connectivity index (χ4n) is 5.10. The number of piperazine rings is 1. The molecule has 0 saturated carbocycles. The minimum Gasteiger partial charge on any atom is -0.490 e. The summed E-state index contributed by atoms with van der Waals surface area (Å²) in [5, 5.41) is 1.21. The zero-order valence-corrected chi connectivity index (χ0v) is 20.0. The van der Waals surface area contributed by atoms with Crippen LogP contribution in [0.3, 0.4) is 0 Å². The van der Waals surface area contributed by atoms with Crippen LogP contribution in [0.15, 0.2) is 54.7 Å². The predicted molar refractivity (Wildman–Crippen MR) is 138 cm³/mol. The first kappa shape index (κ1) is 22.8. The molecule has 2 aliphatic rings. The second-order valence-electron chi connectivity index (χ2n) is 9.47. The van der Waals surface area contributed by atoms with E-state index in [9.17, 15) is 4.79 Å². The second kappa shape index (κ2) is 10.5. The first-order chi connectivity index (χ1) is 16.7. The number of piperidine rings is 1. The van der Waals surface area contributed by atoms with E-state index in [1.54, 1.807) is 0 Å². The summed E-state index contributed by atoms with van der Waals surface area (Å²) in [5.74, 6) is 0.921. The van der Waals surface area contributed by atoms with Gasteiger partial charge in [0.15, 0.2) is 0 Å². The average Bonchev–Trinajstić information content (AvgIpc) is 2.89. The van der Waals surface area contributed by atoms with Crippen LogP contribution in [0.25, 0.3) is 22.0 Å². The van der Waals surface area contributed by atoms with Gasteiger partial charge in [-0.05, 0) is 43.7 Å². The Morgan fingerprint density at radius 2 is 1.71 bits per heavy atom. The first-order valence-corrected chi connectivity index (χ1v) is 12.5. The molecule has 0 bridgehead atoms. The molecule has 3 heterocycles. The lowest BCUT2D eigenvalue weighted by Gasteiger charge is -2.36. The lowest BCUT2D eigenvalue weighted by Crippen LogP contribution is -2.44. The van der Waals surface area contributed by atoms with E-state index in [-0.39, 0.29) is 6.10 Å². The average molecular weight is 459 g/mol. The maximum atomic E-state index is 10.6. The van der Waals surface area contributed by atoms with Crippen molar-refractivity contribution in [1.29, 1.82) is 0 Å². The van der Waals surface area contributed by atoms with Crippen molar-refractivity contribution in [1.82, 2.24) is 14.8 Å². The van der Waals surface area contributed by atoms with Crippen LogP contribution in [0.4, 0.5) is 5.69 Å². The van der Waals surface area contributed by atoms with E-state index in [4.69, 9.17) is 9.72 Å². The van der Waals surface area contributed by atoms with Crippen molar-refractivity contribution in [2.45, 2.75) is 25.4 Å². The number of hydrogen-bond donors (Lipinski definition) is 0. The highest BCUT2D eigenvalue weighted by atomic mass is 16.5. The van der Waals surface area contributed by atoms with Crippen molar-refractivity contribution in [3.8, 4) is 16.9 Å². The Hall–Kier alpha value is -2.96. The summed E-state index contributed by atoms with van der Waals surface area (Å²) in [7, 11) is 2.19. The number of aromatic nitrogens is 1. The van der Waals surface area contributed by atoms with Gasteiger partial charge in [-0.1, -0.05) is 30.3 Å². The zero-order chi connectivity index (χ0) is 23.3.